The minimum Gasteiger partial charge on any atom is -0.504 e. The van der Waals surface area contributed by atoms with Crippen molar-refractivity contribution in [2.75, 3.05) is 13.7 Å². The Bertz CT molecular complexity index is 748. The number of phenols is 1. The molecule has 0 atom stereocenters. The molecule has 2 aromatic carbocycles. The molecule has 0 aromatic heterocycles. The smallest absolute Gasteiger partial charge is 0.342 e. The van der Waals surface area contributed by atoms with Crippen molar-refractivity contribution in [2.45, 2.75) is 6.54 Å². The lowest BCUT2D eigenvalue weighted by atomic mass is 10.2. The number of hydrogen-bond acceptors (Lipinski definition) is 5. The van der Waals surface area contributed by atoms with E-state index in [2.05, 4.69) is 5.32 Å². The van der Waals surface area contributed by atoms with Gasteiger partial charge in [0, 0.05) is 11.6 Å². The Hall–Kier alpha value is -2.73. The van der Waals surface area contributed by atoms with Gasteiger partial charge in [0.15, 0.2) is 18.1 Å². The van der Waals surface area contributed by atoms with Crippen molar-refractivity contribution in [2.24, 2.45) is 0 Å². The van der Waals surface area contributed by atoms with Crippen molar-refractivity contribution in [1.82, 2.24) is 5.32 Å². The van der Waals surface area contributed by atoms with Gasteiger partial charge in [-0.3, -0.25) is 4.79 Å². The predicted molar refractivity (Wildman–Crippen MR) is 88.2 cm³/mol. The molecule has 0 heterocycles. The molecule has 1 amide bonds. The number of methoxy groups -OCH3 is 1. The summed E-state index contributed by atoms with van der Waals surface area (Å²) in [4.78, 5) is 23.7. The molecule has 0 saturated carbocycles. The zero-order valence-electron chi connectivity index (χ0n) is 12.9. The monoisotopic (exact) mass is 349 g/mol. The van der Waals surface area contributed by atoms with Crippen LogP contribution in [0.2, 0.25) is 5.02 Å². The maximum Gasteiger partial charge on any atom is 0.342 e. The Balaban J connectivity index is 1.88. The number of hydrogen-bond donors (Lipinski definition) is 2. The summed E-state index contributed by atoms with van der Waals surface area (Å²) >= 11 is 5.98. The van der Waals surface area contributed by atoms with E-state index < -0.39 is 18.5 Å². The summed E-state index contributed by atoms with van der Waals surface area (Å²) in [5.41, 5.74) is 0.678. The first-order valence-corrected chi connectivity index (χ1v) is 7.44. The molecule has 0 unspecified atom stereocenters. The third-order valence-electron chi connectivity index (χ3n) is 3.21. The molecule has 6 nitrogen and oxygen atoms in total. The lowest BCUT2D eigenvalue weighted by Crippen LogP contribution is -2.28. The van der Waals surface area contributed by atoms with E-state index in [9.17, 15) is 14.7 Å². The van der Waals surface area contributed by atoms with Gasteiger partial charge in [-0.15, -0.1) is 0 Å². The fraction of sp³-hybridized carbons (Fsp3) is 0.176. The minimum absolute atomic E-state index is 0.0757. The molecular weight excluding hydrogens is 334 g/mol. The summed E-state index contributed by atoms with van der Waals surface area (Å²) in [6.45, 7) is -0.250. The van der Waals surface area contributed by atoms with Crippen molar-refractivity contribution >= 4 is 23.5 Å². The zero-order chi connectivity index (χ0) is 17.5. The van der Waals surface area contributed by atoms with Crippen molar-refractivity contribution in [1.29, 1.82) is 0 Å². The summed E-state index contributed by atoms with van der Waals surface area (Å²) < 4.78 is 9.80. The average Bonchev–Trinajstić information content (AvgIpc) is 2.59. The number of para-hydroxylation sites is 1. The van der Waals surface area contributed by atoms with Crippen LogP contribution >= 0.6 is 11.6 Å². The van der Waals surface area contributed by atoms with Crippen molar-refractivity contribution in [3.63, 3.8) is 0 Å². The second-order valence-corrected chi connectivity index (χ2v) is 5.21. The van der Waals surface area contributed by atoms with E-state index in [1.54, 1.807) is 24.3 Å². The third kappa shape index (κ3) is 4.39. The molecule has 2 rings (SSSR count). The first kappa shape index (κ1) is 17.6. The Morgan fingerprint density at radius 2 is 1.92 bits per heavy atom. The van der Waals surface area contributed by atoms with E-state index in [-0.39, 0.29) is 23.6 Å². The quantitative estimate of drug-likeness (QED) is 0.783. The van der Waals surface area contributed by atoms with Gasteiger partial charge in [-0.2, -0.15) is 0 Å². The van der Waals surface area contributed by atoms with E-state index in [1.807, 2.05) is 0 Å². The topological polar surface area (TPSA) is 84.9 Å². The van der Waals surface area contributed by atoms with Crippen LogP contribution in [0.5, 0.6) is 11.5 Å². The lowest BCUT2D eigenvalue weighted by molar-refractivity contribution is -0.124. The molecule has 7 heteroatoms. The molecule has 0 fully saturated rings. The Morgan fingerprint density at radius 1 is 1.17 bits per heavy atom. The highest BCUT2D eigenvalue weighted by atomic mass is 35.5. The summed E-state index contributed by atoms with van der Waals surface area (Å²) in [7, 11) is 1.37. The average molecular weight is 350 g/mol. The van der Waals surface area contributed by atoms with Gasteiger partial charge in [0.2, 0.25) is 0 Å². The first-order valence-electron chi connectivity index (χ1n) is 7.06. The maximum absolute atomic E-state index is 11.9. The molecule has 0 aliphatic heterocycles. The van der Waals surface area contributed by atoms with E-state index in [1.165, 1.54) is 25.3 Å². The summed E-state index contributed by atoms with van der Waals surface area (Å²) in [5.74, 6) is -1.49. The van der Waals surface area contributed by atoms with Crippen LogP contribution < -0.4 is 10.1 Å². The van der Waals surface area contributed by atoms with Crippen LogP contribution in [0.25, 0.3) is 0 Å². The number of ether oxygens (including phenoxy) is 2. The molecule has 126 valence electrons. The number of amides is 1. The van der Waals surface area contributed by atoms with Crippen LogP contribution in [0, 0.1) is 0 Å². The van der Waals surface area contributed by atoms with Crippen LogP contribution in [-0.4, -0.2) is 30.7 Å². The minimum atomic E-state index is -0.820. The fourth-order valence-electron chi connectivity index (χ4n) is 1.95. The molecular formula is C17H16ClNO5. The number of aromatic hydroxyl groups is 1. The number of phenolic OH excluding ortho intramolecular Hbond substituents is 1. The number of carbonyl (C=O) groups excluding carboxylic acids is 2. The number of benzene rings is 2. The normalized spacial score (nSPS) is 10.1. The van der Waals surface area contributed by atoms with Gasteiger partial charge in [0.1, 0.15) is 5.56 Å². The van der Waals surface area contributed by atoms with Gasteiger partial charge < -0.3 is 19.9 Å². The summed E-state index contributed by atoms with van der Waals surface area (Å²) in [5, 5.41) is 13.0. The highest BCUT2D eigenvalue weighted by molar-refractivity contribution is 6.31. The van der Waals surface area contributed by atoms with Crippen LogP contribution in [0.4, 0.5) is 0 Å². The van der Waals surface area contributed by atoms with Gasteiger partial charge in [-0.25, -0.2) is 4.79 Å². The molecule has 0 spiro atoms. The highest BCUT2D eigenvalue weighted by Gasteiger charge is 2.17. The number of nitrogens with one attached hydrogen (secondary N) is 1. The van der Waals surface area contributed by atoms with Crippen LogP contribution in [0.3, 0.4) is 0 Å². The summed E-state index contributed by atoms with van der Waals surface area (Å²) in [6, 6.07) is 11.5. The Morgan fingerprint density at radius 3 is 2.62 bits per heavy atom. The molecule has 0 saturated heterocycles. The van der Waals surface area contributed by atoms with E-state index in [0.29, 0.717) is 5.02 Å². The van der Waals surface area contributed by atoms with Gasteiger partial charge in [0.25, 0.3) is 5.91 Å². The van der Waals surface area contributed by atoms with Gasteiger partial charge in [-0.1, -0.05) is 35.9 Å². The molecule has 24 heavy (non-hydrogen) atoms. The van der Waals surface area contributed by atoms with Crippen molar-refractivity contribution < 1.29 is 24.2 Å². The number of halogens is 1. The molecule has 0 aliphatic rings. The maximum atomic E-state index is 11.9. The molecule has 2 N–H and O–H groups in total. The SMILES string of the molecule is COc1cccc(C(=O)OCC(=O)NCc2ccccc2Cl)c1O. The van der Waals surface area contributed by atoms with Gasteiger partial charge >= 0.3 is 5.97 Å². The Kier molecular flexibility index (Phi) is 6.03. The van der Waals surface area contributed by atoms with E-state index >= 15 is 0 Å². The van der Waals surface area contributed by atoms with Crippen molar-refractivity contribution in [3.8, 4) is 11.5 Å². The largest absolute Gasteiger partial charge is 0.504 e. The zero-order valence-corrected chi connectivity index (χ0v) is 13.7. The van der Waals surface area contributed by atoms with Crippen molar-refractivity contribution in [3.05, 3.63) is 58.6 Å². The van der Waals surface area contributed by atoms with Crippen LogP contribution in [0.1, 0.15) is 15.9 Å². The van der Waals surface area contributed by atoms with Crippen LogP contribution in [-0.2, 0) is 16.1 Å². The van der Waals surface area contributed by atoms with E-state index in [0.717, 1.165) is 5.56 Å². The fourth-order valence-corrected chi connectivity index (χ4v) is 2.15. The lowest BCUT2D eigenvalue weighted by Gasteiger charge is -2.10. The Labute approximate surface area is 144 Å². The number of rotatable bonds is 6. The molecule has 0 aliphatic carbocycles. The molecule has 2 aromatic rings. The molecule has 0 radical (unpaired) electrons. The highest BCUT2D eigenvalue weighted by Crippen LogP contribution is 2.29. The van der Waals surface area contributed by atoms with E-state index in [4.69, 9.17) is 21.1 Å². The summed E-state index contributed by atoms with van der Waals surface area (Å²) in [6.07, 6.45) is 0. The number of carbonyl (C=O) groups is 2. The predicted octanol–water partition coefficient (Wildman–Crippen LogP) is 2.53. The second-order valence-electron chi connectivity index (χ2n) is 4.80. The number of esters is 1. The molecule has 0 bridgehead atoms. The van der Waals surface area contributed by atoms with Gasteiger partial charge in [-0.05, 0) is 23.8 Å². The third-order valence-corrected chi connectivity index (χ3v) is 3.58. The van der Waals surface area contributed by atoms with Gasteiger partial charge in [0.05, 0.1) is 7.11 Å². The standard InChI is InChI=1S/C17H16ClNO5/c1-23-14-8-4-6-12(16(14)21)17(22)24-10-15(20)19-9-11-5-2-3-7-13(11)18/h2-8,21H,9-10H2,1H3,(H,19,20). The van der Waals surface area contributed by atoms with Crippen LogP contribution in [0.15, 0.2) is 42.5 Å². The first-order chi connectivity index (χ1) is 11.5. The second kappa shape index (κ2) is 8.21.